The Hall–Kier alpha value is -0.630. The summed E-state index contributed by atoms with van der Waals surface area (Å²) in [6.07, 6.45) is 4.92. The minimum Gasteiger partial charge on any atom is -0.302 e. The van der Waals surface area contributed by atoms with E-state index in [1.54, 1.807) is 18.4 Å². The molecule has 0 fully saturated rings. The average molecular weight is 129 g/mol. The van der Waals surface area contributed by atoms with E-state index < -0.39 is 5.50 Å². The molecule has 0 aromatic carbocycles. The zero-order chi connectivity index (χ0) is 5.98. The van der Waals surface area contributed by atoms with Gasteiger partial charge in [0.25, 0.3) is 0 Å². The number of nitrogens with one attached hydrogen (secondary N) is 1. The third-order valence-electron chi connectivity index (χ3n) is 0.835. The van der Waals surface area contributed by atoms with Crippen LogP contribution in [0.3, 0.4) is 0 Å². The minimum absolute atomic E-state index is 0.356. The summed E-state index contributed by atoms with van der Waals surface area (Å²) in [7, 11) is 0. The standard InChI is InChI=1S/C5H5ClN2/c6-5-4(7)2-1-3-8-5/h1-3,5,7H. The van der Waals surface area contributed by atoms with Gasteiger partial charge in [-0.2, -0.15) is 0 Å². The number of halogens is 1. The third-order valence-corrected chi connectivity index (χ3v) is 1.18. The molecular formula is C5H5ClN2. The molecule has 0 aliphatic carbocycles. The highest BCUT2D eigenvalue weighted by Crippen LogP contribution is 2.02. The Labute approximate surface area is 52.4 Å². The zero-order valence-corrected chi connectivity index (χ0v) is 4.89. The van der Waals surface area contributed by atoms with E-state index >= 15 is 0 Å². The van der Waals surface area contributed by atoms with E-state index in [0.29, 0.717) is 5.71 Å². The lowest BCUT2D eigenvalue weighted by atomic mass is 10.3. The first-order valence-corrected chi connectivity index (χ1v) is 2.67. The summed E-state index contributed by atoms with van der Waals surface area (Å²) in [5.74, 6) is 0. The van der Waals surface area contributed by atoms with Crippen molar-refractivity contribution in [3.8, 4) is 0 Å². The van der Waals surface area contributed by atoms with Gasteiger partial charge in [-0.15, -0.1) is 0 Å². The average Bonchev–Trinajstić information content (AvgIpc) is 1.77. The van der Waals surface area contributed by atoms with Crippen molar-refractivity contribution in [1.29, 1.82) is 5.41 Å². The van der Waals surface area contributed by atoms with Crippen LogP contribution in [0.4, 0.5) is 0 Å². The van der Waals surface area contributed by atoms with Gasteiger partial charge in [0.05, 0.1) is 5.71 Å². The van der Waals surface area contributed by atoms with Crippen LogP contribution in [0.25, 0.3) is 0 Å². The highest BCUT2D eigenvalue weighted by atomic mass is 35.5. The second kappa shape index (κ2) is 2.09. The fraction of sp³-hybridized carbons (Fsp3) is 0.200. The first-order chi connectivity index (χ1) is 3.80. The van der Waals surface area contributed by atoms with Gasteiger partial charge in [-0.1, -0.05) is 11.6 Å². The molecule has 8 heavy (non-hydrogen) atoms. The Morgan fingerprint density at radius 2 is 2.50 bits per heavy atom. The highest BCUT2D eigenvalue weighted by Gasteiger charge is 2.05. The fourth-order valence-corrected chi connectivity index (χ4v) is 0.569. The quantitative estimate of drug-likeness (QED) is 0.376. The van der Waals surface area contributed by atoms with Gasteiger partial charge in [0, 0.05) is 6.21 Å². The highest BCUT2D eigenvalue weighted by molar-refractivity contribution is 6.34. The summed E-state index contributed by atoms with van der Waals surface area (Å²) in [5.41, 5.74) is -0.103. The molecule has 0 bridgehead atoms. The molecule has 0 radical (unpaired) electrons. The Morgan fingerprint density at radius 3 is 2.88 bits per heavy atom. The molecular weight excluding hydrogens is 124 g/mol. The van der Waals surface area contributed by atoms with E-state index in [0.717, 1.165) is 0 Å². The van der Waals surface area contributed by atoms with E-state index in [2.05, 4.69) is 4.99 Å². The Morgan fingerprint density at radius 1 is 1.75 bits per heavy atom. The Balaban J connectivity index is 2.74. The van der Waals surface area contributed by atoms with Crippen molar-refractivity contribution >= 4 is 23.5 Å². The van der Waals surface area contributed by atoms with Gasteiger partial charge in [-0.25, -0.2) is 0 Å². The summed E-state index contributed by atoms with van der Waals surface area (Å²) >= 11 is 5.49. The van der Waals surface area contributed by atoms with E-state index in [-0.39, 0.29) is 0 Å². The van der Waals surface area contributed by atoms with Crippen LogP contribution in [0.2, 0.25) is 0 Å². The number of allylic oxidation sites excluding steroid dienone is 1. The van der Waals surface area contributed by atoms with Crippen LogP contribution in [0, 0.1) is 5.41 Å². The maximum atomic E-state index is 7.06. The van der Waals surface area contributed by atoms with Crippen molar-refractivity contribution < 1.29 is 0 Å². The lowest BCUT2D eigenvalue weighted by molar-refractivity contribution is 1.18. The van der Waals surface area contributed by atoms with Crippen LogP contribution < -0.4 is 0 Å². The van der Waals surface area contributed by atoms with Crippen LogP contribution in [0.1, 0.15) is 0 Å². The monoisotopic (exact) mass is 128 g/mol. The van der Waals surface area contributed by atoms with Crippen molar-refractivity contribution in [2.75, 3.05) is 0 Å². The number of rotatable bonds is 0. The topological polar surface area (TPSA) is 36.2 Å². The molecule has 0 aromatic heterocycles. The molecule has 1 aliphatic rings. The van der Waals surface area contributed by atoms with Gasteiger partial charge in [0.2, 0.25) is 0 Å². The number of aliphatic imine (C=N–C) groups is 1. The largest absolute Gasteiger partial charge is 0.302 e. The van der Waals surface area contributed by atoms with Gasteiger partial charge < -0.3 is 5.41 Å². The van der Waals surface area contributed by atoms with Crippen molar-refractivity contribution in [1.82, 2.24) is 0 Å². The molecule has 1 N–H and O–H groups in total. The smallest absolute Gasteiger partial charge is 0.164 e. The van der Waals surface area contributed by atoms with Crippen LogP contribution >= 0.6 is 11.6 Å². The van der Waals surface area contributed by atoms with Crippen molar-refractivity contribution in [3.63, 3.8) is 0 Å². The molecule has 1 aliphatic heterocycles. The molecule has 0 spiro atoms. The summed E-state index contributed by atoms with van der Waals surface area (Å²) in [5, 5.41) is 7.06. The van der Waals surface area contributed by atoms with Crippen LogP contribution in [0.5, 0.6) is 0 Å². The minimum atomic E-state index is -0.458. The van der Waals surface area contributed by atoms with E-state index in [1.165, 1.54) is 0 Å². The summed E-state index contributed by atoms with van der Waals surface area (Å²) in [6.45, 7) is 0. The molecule has 1 rings (SSSR count). The predicted molar refractivity (Wildman–Crippen MR) is 35.0 cm³/mol. The third kappa shape index (κ3) is 0.954. The lowest BCUT2D eigenvalue weighted by Gasteiger charge is -2.02. The summed E-state index contributed by atoms with van der Waals surface area (Å²) in [6, 6.07) is 0. The van der Waals surface area contributed by atoms with Gasteiger partial charge >= 0.3 is 0 Å². The second-order valence-corrected chi connectivity index (χ2v) is 1.86. The molecule has 1 heterocycles. The second-order valence-electron chi connectivity index (χ2n) is 1.45. The van der Waals surface area contributed by atoms with Crippen LogP contribution in [-0.2, 0) is 0 Å². The normalized spacial score (nSPS) is 26.6. The lowest BCUT2D eigenvalue weighted by Crippen LogP contribution is -2.10. The number of nitrogens with zero attached hydrogens (tertiary/aromatic N) is 1. The van der Waals surface area contributed by atoms with Crippen molar-refractivity contribution in [2.45, 2.75) is 5.50 Å². The molecule has 0 saturated carbocycles. The number of hydrogen-bond acceptors (Lipinski definition) is 2. The summed E-state index contributed by atoms with van der Waals surface area (Å²) < 4.78 is 0. The first kappa shape index (κ1) is 5.51. The number of alkyl halides is 1. The molecule has 1 atom stereocenters. The molecule has 0 aromatic rings. The molecule has 42 valence electrons. The first-order valence-electron chi connectivity index (χ1n) is 2.23. The van der Waals surface area contributed by atoms with Gasteiger partial charge in [0.15, 0.2) is 5.50 Å². The van der Waals surface area contributed by atoms with Crippen molar-refractivity contribution in [3.05, 3.63) is 12.2 Å². The number of dihydropyridines is 1. The SMILES string of the molecule is N=C1C=CC=NC1Cl. The Kier molecular flexibility index (Phi) is 1.44. The van der Waals surface area contributed by atoms with Crippen LogP contribution in [-0.4, -0.2) is 17.4 Å². The molecule has 0 saturated heterocycles. The predicted octanol–water partition coefficient (Wildman–Crippen LogP) is 1.21. The van der Waals surface area contributed by atoms with Gasteiger partial charge in [0.1, 0.15) is 0 Å². The molecule has 2 nitrogen and oxygen atoms in total. The van der Waals surface area contributed by atoms with E-state index in [1.807, 2.05) is 0 Å². The Bertz CT molecular complexity index is 160. The van der Waals surface area contributed by atoms with E-state index in [4.69, 9.17) is 17.0 Å². The number of hydrogen-bond donors (Lipinski definition) is 1. The maximum Gasteiger partial charge on any atom is 0.164 e. The zero-order valence-electron chi connectivity index (χ0n) is 4.13. The van der Waals surface area contributed by atoms with E-state index in [9.17, 15) is 0 Å². The van der Waals surface area contributed by atoms with Crippen molar-refractivity contribution in [2.24, 2.45) is 4.99 Å². The molecule has 3 heteroatoms. The summed E-state index contributed by atoms with van der Waals surface area (Å²) in [4.78, 5) is 3.74. The molecule has 1 unspecified atom stereocenters. The maximum absolute atomic E-state index is 7.06. The van der Waals surface area contributed by atoms with Gasteiger partial charge in [-0.3, -0.25) is 4.99 Å². The van der Waals surface area contributed by atoms with Gasteiger partial charge in [-0.05, 0) is 12.2 Å². The van der Waals surface area contributed by atoms with Crippen LogP contribution in [0.15, 0.2) is 17.1 Å². The fourth-order valence-electron chi connectivity index (χ4n) is 0.432. The molecule has 0 amide bonds.